The van der Waals surface area contributed by atoms with Crippen LogP contribution in [0.15, 0.2) is 10.5 Å². The van der Waals surface area contributed by atoms with Crippen molar-refractivity contribution in [1.29, 1.82) is 0 Å². The summed E-state index contributed by atoms with van der Waals surface area (Å²) in [5.74, 6) is -3.16. The van der Waals surface area contributed by atoms with E-state index in [0.29, 0.717) is 13.1 Å². The molecule has 8 N–H and O–H groups in total. The Balaban J connectivity index is 1.51. The number of carboxylic acid groups (broad SMARTS) is 1. The number of rotatable bonds is 14. The lowest BCUT2D eigenvalue weighted by atomic mass is 9.98. The standard InChI is InChI=1S/C18H25N11O8S2/c19-4-1-5-21-6-11-24-27-28(25-11)7-10-13(15(31)29(10)39(34,35)36)23-14(30)12(9-8-38-17(20)22-9)26-37-18(2-3-18)16(32)33/h8,10,13,21H,1-7,19H2,(H2,20,22)(H,23,30)(H,32,33)(H,34,35,36)/b26-12-/t10-,13?/m0/s1. The number of carbonyl (C=O) groups excluding carboxylic acids is 2. The first-order chi connectivity index (χ1) is 18.4. The molecule has 1 unspecified atom stereocenters. The fourth-order valence-corrected chi connectivity index (χ4v) is 4.98. The van der Waals surface area contributed by atoms with Crippen LogP contribution in [0.4, 0.5) is 5.13 Å². The Labute approximate surface area is 224 Å². The molecule has 1 aliphatic heterocycles. The Kier molecular flexibility index (Phi) is 8.06. The van der Waals surface area contributed by atoms with Gasteiger partial charge in [-0.15, -0.1) is 21.5 Å². The van der Waals surface area contributed by atoms with Crippen LogP contribution in [0.1, 0.15) is 30.8 Å². The van der Waals surface area contributed by atoms with Gasteiger partial charge in [-0.3, -0.25) is 14.1 Å². The summed E-state index contributed by atoms with van der Waals surface area (Å²) < 4.78 is 33.4. The molecule has 3 heterocycles. The second-order valence-corrected chi connectivity index (χ2v) is 10.8. The number of aliphatic carboxylic acids is 1. The SMILES string of the molecule is NCCCNCc1nnn(C[C@H]2C(NC(=O)/C(=N\OC3(C(=O)O)CC3)c3csc(N)n3)C(=O)N2S(=O)(=O)O)n1. The Hall–Kier alpha value is -3.79. The minimum absolute atomic E-state index is 0.0594. The third-order valence-electron chi connectivity index (χ3n) is 5.78. The molecule has 0 aromatic carbocycles. The fourth-order valence-electron chi connectivity index (χ4n) is 3.56. The van der Waals surface area contributed by atoms with E-state index >= 15 is 0 Å². The number of tetrazole rings is 1. The van der Waals surface area contributed by atoms with Gasteiger partial charge in [-0.25, -0.2) is 14.1 Å². The molecule has 2 aromatic heterocycles. The number of carboxylic acids is 1. The first-order valence-corrected chi connectivity index (χ1v) is 13.7. The van der Waals surface area contributed by atoms with Gasteiger partial charge in [-0.05, 0) is 24.7 Å². The average molecular weight is 588 g/mol. The Morgan fingerprint density at radius 3 is 2.69 bits per heavy atom. The minimum atomic E-state index is -5.00. The number of oxime groups is 1. The van der Waals surface area contributed by atoms with Gasteiger partial charge in [-0.2, -0.15) is 13.2 Å². The quantitative estimate of drug-likeness (QED) is 0.0414. The van der Waals surface area contributed by atoms with Gasteiger partial charge in [0.25, 0.3) is 11.8 Å². The minimum Gasteiger partial charge on any atom is -0.478 e. The summed E-state index contributed by atoms with van der Waals surface area (Å²) in [5, 5.41) is 31.6. The van der Waals surface area contributed by atoms with E-state index in [1.54, 1.807) is 0 Å². The van der Waals surface area contributed by atoms with Crippen LogP contribution >= 0.6 is 11.3 Å². The Bertz CT molecular complexity index is 1390. The topological polar surface area (TPSA) is 283 Å². The third kappa shape index (κ3) is 6.27. The lowest BCUT2D eigenvalue weighted by Gasteiger charge is -2.43. The van der Waals surface area contributed by atoms with E-state index in [2.05, 4.69) is 36.2 Å². The van der Waals surface area contributed by atoms with Crippen LogP contribution in [0.25, 0.3) is 0 Å². The lowest BCUT2D eigenvalue weighted by Crippen LogP contribution is -2.73. The van der Waals surface area contributed by atoms with Crippen LogP contribution in [0.3, 0.4) is 0 Å². The number of aromatic nitrogens is 5. The molecule has 1 saturated heterocycles. The second-order valence-electron chi connectivity index (χ2n) is 8.61. The van der Waals surface area contributed by atoms with E-state index in [4.69, 9.17) is 16.3 Å². The van der Waals surface area contributed by atoms with Crippen molar-refractivity contribution < 1.29 is 37.3 Å². The number of nitrogen functional groups attached to an aromatic ring is 1. The number of hydrogen-bond donors (Lipinski definition) is 6. The molecule has 2 aliphatic rings. The average Bonchev–Trinajstić information content (AvgIpc) is 3.33. The summed E-state index contributed by atoms with van der Waals surface area (Å²) in [6.45, 7) is 0.996. The zero-order valence-electron chi connectivity index (χ0n) is 20.1. The van der Waals surface area contributed by atoms with Crippen molar-refractivity contribution >= 4 is 50.3 Å². The van der Waals surface area contributed by atoms with Crippen LogP contribution in [0.2, 0.25) is 0 Å². The van der Waals surface area contributed by atoms with Gasteiger partial charge in [-0.1, -0.05) is 5.16 Å². The molecular weight excluding hydrogens is 562 g/mol. The first-order valence-electron chi connectivity index (χ1n) is 11.4. The van der Waals surface area contributed by atoms with Crippen LogP contribution in [-0.2, 0) is 42.6 Å². The lowest BCUT2D eigenvalue weighted by molar-refractivity contribution is -0.153. The van der Waals surface area contributed by atoms with Crippen LogP contribution in [0, 0.1) is 0 Å². The maximum Gasteiger partial charge on any atom is 0.362 e. The monoisotopic (exact) mass is 587 g/mol. The number of nitrogens with two attached hydrogens (primary N) is 2. The van der Waals surface area contributed by atoms with Crippen LogP contribution in [-0.4, -0.2) is 102 Å². The molecule has 21 heteroatoms. The summed E-state index contributed by atoms with van der Waals surface area (Å²) in [4.78, 5) is 47.3. The number of hydrogen-bond acceptors (Lipinski definition) is 15. The van der Waals surface area contributed by atoms with Gasteiger partial charge in [0.2, 0.25) is 5.60 Å². The zero-order chi connectivity index (χ0) is 28.4. The predicted molar refractivity (Wildman–Crippen MR) is 131 cm³/mol. The van der Waals surface area contributed by atoms with Gasteiger partial charge in [0.05, 0.1) is 13.1 Å². The molecule has 19 nitrogen and oxygen atoms in total. The molecule has 1 aliphatic carbocycles. The molecule has 1 saturated carbocycles. The van der Waals surface area contributed by atoms with Crippen molar-refractivity contribution in [3.05, 3.63) is 16.9 Å². The summed E-state index contributed by atoms with van der Waals surface area (Å²) in [7, 11) is -5.00. The highest BCUT2D eigenvalue weighted by Crippen LogP contribution is 2.40. The van der Waals surface area contributed by atoms with Crippen molar-refractivity contribution in [3.63, 3.8) is 0 Å². The molecule has 2 amide bonds. The summed E-state index contributed by atoms with van der Waals surface area (Å²) >= 11 is 0.969. The number of β-lactam (4-membered cyclic amide) rings is 1. The molecule has 0 spiro atoms. The van der Waals surface area contributed by atoms with E-state index in [0.717, 1.165) is 22.6 Å². The molecule has 212 valence electrons. The molecule has 0 radical (unpaired) electrons. The smallest absolute Gasteiger partial charge is 0.362 e. The van der Waals surface area contributed by atoms with Crippen LogP contribution in [0.5, 0.6) is 0 Å². The van der Waals surface area contributed by atoms with Gasteiger partial charge in [0.1, 0.15) is 17.8 Å². The maximum atomic E-state index is 13.1. The van der Waals surface area contributed by atoms with Crippen LogP contribution < -0.4 is 22.1 Å². The van der Waals surface area contributed by atoms with Gasteiger partial charge < -0.3 is 32.0 Å². The van der Waals surface area contributed by atoms with E-state index in [9.17, 15) is 32.5 Å². The van der Waals surface area contributed by atoms with Gasteiger partial charge >= 0.3 is 16.3 Å². The van der Waals surface area contributed by atoms with Crippen molar-refractivity contribution in [3.8, 4) is 0 Å². The van der Waals surface area contributed by atoms with Crippen molar-refractivity contribution in [1.82, 2.24) is 40.1 Å². The summed E-state index contributed by atoms with van der Waals surface area (Å²) in [5.41, 5.74) is 8.94. The zero-order valence-corrected chi connectivity index (χ0v) is 21.8. The molecule has 2 fully saturated rings. The van der Waals surface area contributed by atoms with Crippen molar-refractivity contribution in [2.75, 3.05) is 18.8 Å². The number of amides is 2. The van der Waals surface area contributed by atoms with E-state index in [-0.39, 0.29) is 46.9 Å². The normalized spacial score (nSPS) is 20.4. The predicted octanol–water partition coefficient (Wildman–Crippen LogP) is -3.31. The van der Waals surface area contributed by atoms with Gasteiger partial charge in [0, 0.05) is 18.2 Å². The highest BCUT2D eigenvalue weighted by atomic mass is 32.2. The highest BCUT2D eigenvalue weighted by molar-refractivity contribution is 7.84. The number of thiazole rings is 1. The molecule has 0 bridgehead atoms. The number of anilines is 1. The fraction of sp³-hybridized carbons (Fsp3) is 0.556. The van der Waals surface area contributed by atoms with Crippen molar-refractivity contribution in [2.45, 2.75) is 50.0 Å². The maximum absolute atomic E-state index is 13.1. The molecule has 2 aromatic rings. The summed E-state index contributed by atoms with van der Waals surface area (Å²) in [6.07, 6.45) is 1.06. The summed E-state index contributed by atoms with van der Waals surface area (Å²) in [6, 6.07) is -2.80. The number of nitrogens with one attached hydrogen (secondary N) is 2. The second kappa shape index (κ2) is 11.1. The van der Waals surface area contributed by atoms with Crippen molar-refractivity contribution in [2.24, 2.45) is 10.9 Å². The Morgan fingerprint density at radius 1 is 1.36 bits per heavy atom. The number of carbonyl (C=O) groups is 3. The first kappa shape index (κ1) is 28.2. The molecular formula is C18H25N11O8S2. The molecule has 2 atom stereocenters. The highest BCUT2D eigenvalue weighted by Gasteiger charge is 2.56. The number of nitrogens with zero attached hydrogens (tertiary/aromatic N) is 7. The van der Waals surface area contributed by atoms with E-state index in [1.807, 2.05) is 0 Å². The van der Waals surface area contributed by atoms with E-state index < -0.39 is 51.5 Å². The molecule has 39 heavy (non-hydrogen) atoms. The van der Waals surface area contributed by atoms with E-state index in [1.165, 1.54) is 5.38 Å². The molecule has 4 rings (SSSR count). The third-order valence-corrected chi connectivity index (χ3v) is 7.40. The Morgan fingerprint density at radius 2 is 2.10 bits per heavy atom. The van der Waals surface area contributed by atoms with Gasteiger partial charge in [0.15, 0.2) is 16.7 Å². The largest absolute Gasteiger partial charge is 0.478 e.